The molecule has 0 bridgehead atoms. The van der Waals surface area contributed by atoms with E-state index < -0.39 is 31.4 Å². The lowest BCUT2D eigenvalue weighted by molar-refractivity contribution is -0.384. The van der Waals surface area contributed by atoms with Gasteiger partial charge in [0, 0.05) is 55.6 Å². The molecule has 2 aromatic heterocycles. The minimum atomic E-state index is -4.55. The normalized spacial score (nSPS) is 21.4. The Kier molecular flexibility index (Phi) is 11.5. The molecule has 5 aromatic rings. The first-order valence-corrected chi connectivity index (χ1v) is 22.6. The van der Waals surface area contributed by atoms with E-state index in [1.807, 2.05) is 6.07 Å². The van der Waals surface area contributed by atoms with Crippen molar-refractivity contribution in [2.24, 2.45) is 5.92 Å². The number of nitro groups is 1. The summed E-state index contributed by atoms with van der Waals surface area (Å²) < 4.78 is 47.5. The molecule has 1 atom stereocenters. The third-order valence-electron chi connectivity index (χ3n) is 12.5. The number of rotatable bonds is 14. The zero-order valence-corrected chi connectivity index (χ0v) is 34.2. The van der Waals surface area contributed by atoms with Gasteiger partial charge in [0.15, 0.2) is 0 Å². The number of pyridine rings is 1. The van der Waals surface area contributed by atoms with E-state index in [2.05, 4.69) is 49.2 Å². The second kappa shape index (κ2) is 17.2. The van der Waals surface area contributed by atoms with E-state index in [0.29, 0.717) is 54.9 Å². The van der Waals surface area contributed by atoms with Gasteiger partial charge in [0.25, 0.3) is 21.6 Å². The Morgan fingerprint density at radius 1 is 0.917 bits per heavy atom. The van der Waals surface area contributed by atoms with Crippen molar-refractivity contribution in [2.75, 3.05) is 31.6 Å². The lowest BCUT2D eigenvalue weighted by Crippen LogP contribution is -2.40. The van der Waals surface area contributed by atoms with Crippen LogP contribution in [-0.2, 0) is 14.8 Å². The van der Waals surface area contributed by atoms with Crippen LogP contribution in [0.15, 0.2) is 90.1 Å². The van der Waals surface area contributed by atoms with Gasteiger partial charge in [-0.1, -0.05) is 24.3 Å². The molecule has 2 aliphatic carbocycles. The summed E-state index contributed by atoms with van der Waals surface area (Å²) in [6, 6.07) is 21.9. The smallest absolute Gasteiger partial charge is 0.293 e. The minimum absolute atomic E-state index is 0.0447. The van der Waals surface area contributed by atoms with Crippen LogP contribution < -0.4 is 19.5 Å². The van der Waals surface area contributed by atoms with Crippen molar-refractivity contribution < 1.29 is 32.3 Å². The first-order chi connectivity index (χ1) is 29.2. The van der Waals surface area contributed by atoms with Crippen LogP contribution in [0.25, 0.3) is 11.0 Å². The van der Waals surface area contributed by atoms with Crippen molar-refractivity contribution in [3.63, 3.8) is 0 Å². The topological polar surface area (TPSA) is 178 Å². The molecule has 1 amide bonds. The van der Waals surface area contributed by atoms with E-state index in [1.54, 1.807) is 24.4 Å². The van der Waals surface area contributed by atoms with Gasteiger partial charge in [-0.3, -0.25) is 19.8 Å². The summed E-state index contributed by atoms with van der Waals surface area (Å²) in [5, 5.41) is 15.9. The highest BCUT2D eigenvalue weighted by Crippen LogP contribution is 2.47. The van der Waals surface area contributed by atoms with Crippen LogP contribution in [0, 0.1) is 16.0 Å². The number of likely N-dealkylation sites (tertiary alicyclic amines) is 1. The second-order valence-corrected chi connectivity index (χ2v) is 18.2. The maximum Gasteiger partial charge on any atom is 0.293 e. The number of hydrogen-bond donors (Lipinski definition) is 3. The number of nitro benzene ring substituents is 1. The van der Waals surface area contributed by atoms with Gasteiger partial charge in [-0.2, -0.15) is 0 Å². The lowest BCUT2D eigenvalue weighted by atomic mass is 9.89. The van der Waals surface area contributed by atoms with Crippen LogP contribution in [0.3, 0.4) is 0 Å². The number of aromatic amines is 1. The van der Waals surface area contributed by atoms with Gasteiger partial charge in [0.05, 0.1) is 27.7 Å². The maximum atomic E-state index is 13.8. The summed E-state index contributed by atoms with van der Waals surface area (Å²) in [6.45, 7) is 2.85. The summed E-state index contributed by atoms with van der Waals surface area (Å²) in [4.78, 5) is 35.0. The van der Waals surface area contributed by atoms with Gasteiger partial charge in [-0.25, -0.2) is 18.1 Å². The number of nitrogens with one attached hydrogen (secondary N) is 3. The van der Waals surface area contributed by atoms with Gasteiger partial charge in [0.1, 0.15) is 28.6 Å². The fourth-order valence-electron chi connectivity index (χ4n) is 9.20. The zero-order chi connectivity index (χ0) is 41.2. The van der Waals surface area contributed by atoms with E-state index >= 15 is 0 Å². The summed E-state index contributed by atoms with van der Waals surface area (Å²) in [5.41, 5.74) is 3.42. The monoisotopic (exact) mass is 834 g/mol. The van der Waals surface area contributed by atoms with Gasteiger partial charge in [-0.05, 0) is 130 Å². The quantitative estimate of drug-likeness (QED) is 0.0721. The Bertz CT molecular complexity index is 2470. The number of aromatic nitrogens is 2. The molecule has 15 heteroatoms. The molecular weight excluding hydrogens is 785 g/mol. The number of anilines is 1. The van der Waals surface area contributed by atoms with Gasteiger partial charge in [0.2, 0.25) is 0 Å². The number of carbonyl (C=O) groups excluding carboxylic acids is 1. The summed E-state index contributed by atoms with van der Waals surface area (Å²) in [7, 11) is -4.55. The number of amides is 1. The molecule has 2 saturated heterocycles. The Morgan fingerprint density at radius 2 is 1.72 bits per heavy atom. The fraction of sp³-hybridized carbons (Fsp3) is 0.422. The Hall–Kier alpha value is -5.51. The second-order valence-electron chi connectivity index (χ2n) is 16.5. The van der Waals surface area contributed by atoms with Gasteiger partial charge in [-0.15, -0.1) is 0 Å². The fourth-order valence-corrected chi connectivity index (χ4v) is 10.2. The molecule has 2 aliphatic heterocycles. The first kappa shape index (κ1) is 39.9. The third-order valence-corrected chi connectivity index (χ3v) is 13.8. The largest absolute Gasteiger partial charge is 0.490 e. The standard InChI is InChI=1S/C45H50N6O8S/c52-45(49-60(55,56)36-14-16-40(42(26-36)51(53)54)47-27-29-18-22-57-23-19-29)39-15-13-34(25-43(39)59-35-24-31-17-20-46-44(31)48-28-35)58-33-11-9-32(10-12-33)50-21-3-6-41(50)38-5-2-1-4-37(38)30-7-8-30/h1-2,4-5,13-17,20,24-26,28-30,32-33,41,47H,3,6-12,18-19,21-23,27H2,(H,46,48)(H,49,52). The van der Waals surface area contributed by atoms with E-state index in [4.69, 9.17) is 14.2 Å². The number of fused-ring (bicyclic) bond motifs is 1. The summed E-state index contributed by atoms with van der Waals surface area (Å²) in [6.07, 6.45) is 13.6. The Labute approximate surface area is 349 Å². The van der Waals surface area contributed by atoms with Crippen LogP contribution in [0.1, 0.15) is 97.7 Å². The molecule has 0 spiro atoms. The molecule has 3 N–H and O–H groups in total. The highest BCUT2D eigenvalue weighted by Gasteiger charge is 2.37. The molecule has 4 aliphatic rings. The molecule has 4 fully saturated rings. The van der Waals surface area contributed by atoms with Crippen LogP contribution in [0.5, 0.6) is 17.2 Å². The number of sulfonamides is 1. The molecule has 4 heterocycles. The summed E-state index contributed by atoms with van der Waals surface area (Å²) >= 11 is 0. The van der Waals surface area contributed by atoms with Gasteiger partial charge < -0.3 is 24.5 Å². The van der Waals surface area contributed by atoms with Crippen molar-refractivity contribution in [3.05, 3.63) is 112 Å². The number of nitrogens with zero attached hydrogens (tertiary/aromatic N) is 3. The van der Waals surface area contributed by atoms with Crippen LogP contribution >= 0.6 is 0 Å². The zero-order valence-electron chi connectivity index (χ0n) is 33.4. The highest BCUT2D eigenvalue weighted by molar-refractivity contribution is 7.90. The number of H-pyrrole nitrogens is 1. The molecule has 14 nitrogen and oxygen atoms in total. The molecule has 1 unspecified atom stereocenters. The molecule has 2 saturated carbocycles. The van der Waals surface area contributed by atoms with Crippen molar-refractivity contribution >= 4 is 38.3 Å². The van der Waals surface area contributed by atoms with E-state index in [0.717, 1.165) is 56.5 Å². The molecule has 3 aromatic carbocycles. The van der Waals surface area contributed by atoms with Gasteiger partial charge >= 0.3 is 0 Å². The van der Waals surface area contributed by atoms with Crippen molar-refractivity contribution in [2.45, 2.75) is 93.2 Å². The number of hydrogen-bond acceptors (Lipinski definition) is 11. The van der Waals surface area contributed by atoms with E-state index in [1.165, 1.54) is 61.2 Å². The first-order valence-electron chi connectivity index (χ1n) is 21.1. The Balaban J connectivity index is 0.903. The molecule has 0 radical (unpaired) electrons. The molecule has 60 heavy (non-hydrogen) atoms. The lowest BCUT2D eigenvalue weighted by Gasteiger charge is -2.38. The average molecular weight is 835 g/mol. The van der Waals surface area contributed by atoms with Crippen LogP contribution in [0.2, 0.25) is 0 Å². The maximum absolute atomic E-state index is 13.8. The number of ether oxygens (including phenoxy) is 3. The third kappa shape index (κ3) is 8.84. The minimum Gasteiger partial charge on any atom is -0.490 e. The Morgan fingerprint density at radius 3 is 2.50 bits per heavy atom. The predicted octanol–water partition coefficient (Wildman–Crippen LogP) is 8.63. The number of benzene rings is 3. The van der Waals surface area contributed by atoms with Crippen LogP contribution in [0.4, 0.5) is 11.4 Å². The van der Waals surface area contributed by atoms with Crippen molar-refractivity contribution in [1.82, 2.24) is 19.6 Å². The van der Waals surface area contributed by atoms with E-state index in [-0.39, 0.29) is 29.0 Å². The predicted molar refractivity (Wildman–Crippen MR) is 226 cm³/mol. The summed E-state index contributed by atoms with van der Waals surface area (Å²) in [5.74, 6) is 0.907. The average Bonchev–Trinajstić information content (AvgIpc) is 3.80. The molecule has 9 rings (SSSR count). The van der Waals surface area contributed by atoms with Crippen LogP contribution in [-0.4, -0.2) is 72.6 Å². The number of carbonyl (C=O) groups is 1. The molecular formula is C45H50N6O8S. The van der Waals surface area contributed by atoms with Crippen molar-refractivity contribution in [3.8, 4) is 17.2 Å². The molecule has 314 valence electrons. The van der Waals surface area contributed by atoms with Crippen molar-refractivity contribution in [1.29, 1.82) is 0 Å². The SMILES string of the molecule is O=C(NS(=O)(=O)c1ccc(NCC2CCOCC2)c([N+](=O)[O-])c1)c1ccc(OC2CCC(N3CCCC3c3ccccc3C3CC3)CC2)cc1Oc1cnc2[nH]ccc2c1. The van der Waals surface area contributed by atoms with E-state index in [9.17, 15) is 23.3 Å². The highest BCUT2D eigenvalue weighted by atomic mass is 32.2.